The van der Waals surface area contributed by atoms with Gasteiger partial charge < -0.3 is 0 Å². The van der Waals surface area contributed by atoms with Gasteiger partial charge in [-0.05, 0) is 65.5 Å². The molecular weight excluding hydrogens is 228 g/mol. The minimum atomic E-state index is 0.432. The summed E-state index contributed by atoms with van der Waals surface area (Å²) in [5.74, 6) is 0.869. The van der Waals surface area contributed by atoms with Crippen LogP contribution in [0.5, 0.6) is 0 Å². The molecule has 1 aromatic rings. The van der Waals surface area contributed by atoms with Crippen LogP contribution in [-0.2, 0) is 18.3 Å². The number of aryl methyl sites for hydroxylation is 2. The lowest BCUT2D eigenvalue weighted by molar-refractivity contribution is 0.0407. The van der Waals surface area contributed by atoms with E-state index < -0.39 is 0 Å². The molecule has 1 fully saturated rings. The van der Waals surface area contributed by atoms with Gasteiger partial charge in [0.2, 0.25) is 0 Å². The molecule has 1 unspecified atom stereocenters. The van der Waals surface area contributed by atoms with Crippen LogP contribution in [0.1, 0.15) is 70.1 Å². The average Bonchev–Trinajstić information content (AvgIpc) is 2.37. The highest BCUT2D eigenvalue weighted by Crippen LogP contribution is 2.56. The van der Waals surface area contributed by atoms with Crippen LogP contribution in [0.3, 0.4) is 0 Å². The number of benzene rings is 1. The third-order valence-corrected chi connectivity index (χ3v) is 6.13. The quantitative estimate of drug-likeness (QED) is 0.641. The summed E-state index contributed by atoms with van der Waals surface area (Å²) in [7, 11) is 0. The summed E-state index contributed by atoms with van der Waals surface area (Å²) >= 11 is 0. The normalized spacial score (nSPS) is 32.5. The van der Waals surface area contributed by atoms with Crippen LogP contribution >= 0.6 is 0 Å². The molecule has 0 aliphatic heterocycles. The molecule has 2 atom stereocenters. The molecule has 19 heavy (non-hydrogen) atoms. The van der Waals surface area contributed by atoms with E-state index in [9.17, 15) is 0 Å². The fraction of sp³-hybridized carbons (Fsp3) is 0.684. The Kier molecular flexibility index (Phi) is 3.04. The van der Waals surface area contributed by atoms with Gasteiger partial charge in [-0.25, -0.2) is 0 Å². The van der Waals surface area contributed by atoms with Crippen molar-refractivity contribution in [3.05, 3.63) is 34.9 Å². The van der Waals surface area contributed by atoms with E-state index in [0.717, 1.165) is 5.92 Å². The lowest BCUT2D eigenvalue weighted by Crippen LogP contribution is -2.47. The maximum absolute atomic E-state index is 2.54. The average molecular weight is 256 g/mol. The molecule has 0 aromatic heterocycles. The molecule has 1 saturated carbocycles. The Morgan fingerprint density at radius 2 is 1.95 bits per heavy atom. The predicted octanol–water partition coefficient (Wildman–Crippen LogP) is 5.28. The maximum atomic E-state index is 2.54. The number of fused-ring (bicyclic) bond motifs is 3. The third-order valence-electron chi connectivity index (χ3n) is 6.13. The molecule has 0 N–H and O–H groups in total. The summed E-state index contributed by atoms with van der Waals surface area (Å²) in [6.07, 6.45) is 8.06. The summed E-state index contributed by atoms with van der Waals surface area (Å²) in [6, 6.07) is 7.31. The van der Waals surface area contributed by atoms with E-state index in [4.69, 9.17) is 0 Å². The Bertz CT molecular complexity index is 483. The topological polar surface area (TPSA) is 0 Å². The molecule has 0 heteroatoms. The van der Waals surface area contributed by atoms with Gasteiger partial charge in [-0.3, -0.25) is 0 Å². The zero-order valence-corrected chi connectivity index (χ0v) is 13.1. The third kappa shape index (κ3) is 1.95. The van der Waals surface area contributed by atoms with Gasteiger partial charge in [0.25, 0.3) is 0 Å². The van der Waals surface area contributed by atoms with Crippen molar-refractivity contribution in [2.24, 2.45) is 11.3 Å². The standard InChI is InChI=1S/C19H28/c1-5-14-7-9-16-15(13-14)8-10-17-18(2,3)11-6-12-19(16,17)4/h7,9,13,17H,5-6,8,10-12H2,1-4H3/t17?,19-/m1/s1. The van der Waals surface area contributed by atoms with Crippen molar-refractivity contribution in [2.75, 3.05) is 0 Å². The van der Waals surface area contributed by atoms with Crippen molar-refractivity contribution in [2.45, 2.75) is 71.6 Å². The van der Waals surface area contributed by atoms with E-state index >= 15 is 0 Å². The Balaban J connectivity index is 2.07. The Hall–Kier alpha value is -0.780. The van der Waals surface area contributed by atoms with E-state index in [2.05, 4.69) is 45.9 Å². The van der Waals surface area contributed by atoms with E-state index in [1.54, 1.807) is 11.1 Å². The van der Waals surface area contributed by atoms with Gasteiger partial charge in [0.15, 0.2) is 0 Å². The summed E-state index contributed by atoms with van der Waals surface area (Å²) in [4.78, 5) is 0. The molecule has 0 nitrogen and oxygen atoms in total. The summed E-state index contributed by atoms with van der Waals surface area (Å²) in [6.45, 7) is 9.81. The van der Waals surface area contributed by atoms with Crippen LogP contribution in [0.4, 0.5) is 0 Å². The second-order valence-electron chi connectivity index (χ2n) is 7.70. The second-order valence-corrected chi connectivity index (χ2v) is 7.70. The minimum Gasteiger partial charge on any atom is -0.0613 e. The molecule has 0 radical (unpaired) electrons. The molecular formula is C19H28. The van der Waals surface area contributed by atoms with Crippen molar-refractivity contribution < 1.29 is 0 Å². The largest absolute Gasteiger partial charge is 0.0613 e. The monoisotopic (exact) mass is 256 g/mol. The van der Waals surface area contributed by atoms with Crippen molar-refractivity contribution in [3.63, 3.8) is 0 Å². The summed E-state index contributed by atoms with van der Waals surface area (Å²) < 4.78 is 0. The molecule has 0 bridgehead atoms. The van der Waals surface area contributed by atoms with Gasteiger partial charge in [-0.2, -0.15) is 0 Å². The molecule has 0 spiro atoms. The SMILES string of the molecule is CCc1ccc2c(c1)CCC1C(C)(C)CCC[C@]21C. The van der Waals surface area contributed by atoms with Crippen LogP contribution in [0.2, 0.25) is 0 Å². The number of rotatable bonds is 1. The van der Waals surface area contributed by atoms with Gasteiger partial charge in [-0.1, -0.05) is 52.3 Å². The van der Waals surface area contributed by atoms with Crippen molar-refractivity contribution >= 4 is 0 Å². The first-order chi connectivity index (χ1) is 8.97. The molecule has 2 aliphatic rings. The molecule has 104 valence electrons. The lowest BCUT2D eigenvalue weighted by atomic mass is 9.50. The Morgan fingerprint density at radius 1 is 1.16 bits per heavy atom. The zero-order chi connectivity index (χ0) is 13.7. The maximum Gasteiger partial charge on any atom is -0.00391 e. The van der Waals surface area contributed by atoms with Gasteiger partial charge in [0, 0.05) is 0 Å². The predicted molar refractivity (Wildman–Crippen MR) is 82.6 cm³/mol. The Morgan fingerprint density at radius 3 is 2.68 bits per heavy atom. The molecule has 3 rings (SSSR count). The van der Waals surface area contributed by atoms with Crippen molar-refractivity contribution in [3.8, 4) is 0 Å². The van der Waals surface area contributed by atoms with E-state index in [-0.39, 0.29) is 0 Å². The molecule has 0 saturated heterocycles. The van der Waals surface area contributed by atoms with E-state index in [1.165, 1.54) is 44.1 Å². The van der Waals surface area contributed by atoms with Crippen LogP contribution in [0.25, 0.3) is 0 Å². The van der Waals surface area contributed by atoms with Crippen LogP contribution in [0, 0.1) is 11.3 Å². The fourth-order valence-electron chi connectivity index (χ4n) is 5.08. The van der Waals surface area contributed by atoms with Crippen molar-refractivity contribution in [1.82, 2.24) is 0 Å². The van der Waals surface area contributed by atoms with Crippen LogP contribution < -0.4 is 0 Å². The molecule has 0 heterocycles. The smallest absolute Gasteiger partial charge is 0.00391 e. The van der Waals surface area contributed by atoms with Gasteiger partial charge in [0.1, 0.15) is 0 Å². The Labute approximate surface area is 118 Å². The first-order valence-electron chi connectivity index (χ1n) is 8.09. The lowest BCUT2D eigenvalue weighted by Gasteiger charge is -2.54. The molecule has 1 aromatic carbocycles. The highest BCUT2D eigenvalue weighted by Gasteiger charge is 2.49. The summed E-state index contributed by atoms with van der Waals surface area (Å²) in [5.41, 5.74) is 5.79. The second kappa shape index (κ2) is 4.36. The summed E-state index contributed by atoms with van der Waals surface area (Å²) in [5, 5.41) is 0. The fourth-order valence-corrected chi connectivity index (χ4v) is 5.08. The van der Waals surface area contributed by atoms with Crippen molar-refractivity contribution in [1.29, 1.82) is 0 Å². The van der Waals surface area contributed by atoms with Gasteiger partial charge in [0.05, 0.1) is 0 Å². The molecule has 0 amide bonds. The first-order valence-corrected chi connectivity index (χ1v) is 8.09. The minimum absolute atomic E-state index is 0.432. The number of hydrogen-bond acceptors (Lipinski definition) is 0. The number of hydrogen-bond donors (Lipinski definition) is 0. The van der Waals surface area contributed by atoms with Gasteiger partial charge >= 0.3 is 0 Å². The molecule has 2 aliphatic carbocycles. The van der Waals surface area contributed by atoms with Gasteiger partial charge in [-0.15, -0.1) is 0 Å². The first kappa shape index (κ1) is 13.2. The highest BCUT2D eigenvalue weighted by atomic mass is 14.5. The van der Waals surface area contributed by atoms with Crippen LogP contribution in [0.15, 0.2) is 18.2 Å². The highest BCUT2D eigenvalue weighted by molar-refractivity contribution is 5.41. The van der Waals surface area contributed by atoms with E-state index in [0.29, 0.717) is 10.8 Å². The zero-order valence-electron chi connectivity index (χ0n) is 13.1. The van der Waals surface area contributed by atoms with Crippen LogP contribution in [-0.4, -0.2) is 0 Å². The van der Waals surface area contributed by atoms with E-state index in [1.807, 2.05) is 0 Å².